The van der Waals surface area contributed by atoms with Crippen LogP contribution in [0.15, 0.2) is 42.6 Å². The number of nitrogens with zero attached hydrogens (tertiary/aromatic N) is 4. The fraction of sp³-hybridized carbons (Fsp3) is 0.393. The Morgan fingerprint density at radius 3 is 2.77 bits per heavy atom. The summed E-state index contributed by atoms with van der Waals surface area (Å²) in [4.78, 5) is 11.6. The molecule has 0 radical (unpaired) electrons. The van der Waals surface area contributed by atoms with Crippen LogP contribution in [0.2, 0.25) is 0 Å². The van der Waals surface area contributed by atoms with Gasteiger partial charge in [0.25, 0.3) is 0 Å². The zero-order valence-corrected chi connectivity index (χ0v) is 20.6. The Morgan fingerprint density at radius 2 is 2.03 bits per heavy atom. The largest absolute Gasteiger partial charge is 0.395 e. The predicted octanol–water partition coefficient (Wildman–Crippen LogP) is 4.55. The molecule has 5 rings (SSSR count). The maximum Gasteiger partial charge on any atom is 0.227 e. The van der Waals surface area contributed by atoms with Gasteiger partial charge in [-0.3, -0.25) is 0 Å². The van der Waals surface area contributed by atoms with E-state index >= 15 is 0 Å². The van der Waals surface area contributed by atoms with Crippen molar-refractivity contribution in [1.82, 2.24) is 14.9 Å². The van der Waals surface area contributed by atoms with Crippen LogP contribution in [0.25, 0.3) is 11.3 Å². The standard InChI is InChI=1S/C28H32N6O/c1-18-4-5-20(19-7-10-34(3)11-8-19)14-25(18)33-27-30-9-6-24(32-27)21-12-22(15-29)26-23(13-21)28(2,17-35)16-31-26/h4-6,9,12-14,19,31,35H,7-8,10-11,16-17H2,1-3H3,(H,30,32,33)/t28-/m1/s1. The highest BCUT2D eigenvalue weighted by molar-refractivity contribution is 5.76. The number of benzene rings is 2. The first-order valence-corrected chi connectivity index (χ1v) is 12.2. The van der Waals surface area contributed by atoms with Gasteiger partial charge in [0.05, 0.1) is 23.6 Å². The van der Waals surface area contributed by atoms with E-state index < -0.39 is 5.41 Å². The SMILES string of the molecule is Cc1ccc(C2CCN(C)CC2)cc1Nc1nccc(-c2cc(C#N)c3c(c2)[C@@](C)(CO)CN3)n1. The predicted molar refractivity (Wildman–Crippen MR) is 139 cm³/mol. The summed E-state index contributed by atoms with van der Waals surface area (Å²) in [6, 6.07) is 14.7. The number of aromatic nitrogens is 2. The van der Waals surface area contributed by atoms with E-state index in [0.29, 0.717) is 24.0 Å². The van der Waals surface area contributed by atoms with Crippen molar-refractivity contribution >= 4 is 17.3 Å². The van der Waals surface area contributed by atoms with Gasteiger partial charge >= 0.3 is 0 Å². The van der Waals surface area contributed by atoms with Crippen LogP contribution in [-0.4, -0.2) is 53.3 Å². The maximum atomic E-state index is 10.00. The van der Waals surface area contributed by atoms with Gasteiger partial charge in [0, 0.05) is 29.4 Å². The molecule has 0 amide bonds. The number of anilines is 3. The van der Waals surface area contributed by atoms with E-state index in [1.165, 1.54) is 18.4 Å². The van der Waals surface area contributed by atoms with Crippen molar-refractivity contribution < 1.29 is 5.11 Å². The summed E-state index contributed by atoms with van der Waals surface area (Å²) in [5, 5.41) is 26.5. The van der Waals surface area contributed by atoms with E-state index in [1.807, 2.05) is 25.1 Å². The molecule has 180 valence electrons. The molecular weight excluding hydrogens is 436 g/mol. The lowest BCUT2D eigenvalue weighted by Crippen LogP contribution is -2.29. The van der Waals surface area contributed by atoms with Crippen molar-refractivity contribution in [2.45, 2.75) is 38.0 Å². The second-order valence-corrected chi connectivity index (χ2v) is 10.2. The van der Waals surface area contributed by atoms with Crippen molar-refractivity contribution in [3.63, 3.8) is 0 Å². The molecule has 1 saturated heterocycles. The first kappa shape index (κ1) is 23.3. The summed E-state index contributed by atoms with van der Waals surface area (Å²) in [5.41, 5.74) is 6.97. The van der Waals surface area contributed by atoms with Gasteiger partial charge in [-0.2, -0.15) is 5.26 Å². The molecule has 3 aromatic rings. The van der Waals surface area contributed by atoms with E-state index in [1.54, 1.807) is 6.20 Å². The minimum Gasteiger partial charge on any atom is -0.395 e. The monoisotopic (exact) mass is 468 g/mol. The topological polar surface area (TPSA) is 97.1 Å². The highest BCUT2D eigenvalue weighted by Gasteiger charge is 2.36. The van der Waals surface area contributed by atoms with Gasteiger partial charge in [-0.15, -0.1) is 0 Å². The first-order valence-electron chi connectivity index (χ1n) is 12.2. The van der Waals surface area contributed by atoms with Crippen LogP contribution in [0, 0.1) is 18.3 Å². The average molecular weight is 469 g/mol. The number of fused-ring (bicyclic) bond motifs is 1. The molecule has 7 nitrogen and oxygen atoms in total. The second kappa shape index (κ2) is 9.29. The Kier molecular flexibility index (Phi) is 6.18. The lowest BCUT2D eigenvalue weighted by molar-refractivity contribution is 0.219. The molecule has 3 heterocycles. The van der Waals surface area contributed by atoms with Crippen molar-refractivity contribution in [1.29, 1.82) is 5.26 Å². The van der Waals surface area contributed by atoms with E-state index in [0.717, 1.165) is 46.8 Å². The third-order valence-electron chi connectivity index (χ3n) is 7.56. The Hall–Kier alpha value is -3.47. The highest BCUT2D eigenvalue weighted by atomic mass is 16.3. The molecule has 0 aliphatic carbocycles. The zero-order valence-electron chi connectivity index (χ0n) is 20.6. The molecule has 3 N–H and O–H groups in total. The van der Waals surface area contributed by atoms with Crippen LogP contribution in [0.3, 0.4) is 0 Å². The summed E-state index contributed by atoms with van der Waals surface area (Å²) in [6.07, 6.45) is 4.09. The number of rotatable bonds is 5. The number of likely N-dealkylation sites (tertiary alicyclic amines) is 1. The molecule has 1 fully saturated rings. The molecule has 2 aliphatic rings. The molecule has 35 heavy (non-hydrogen) atoms. The van der Waals surface area contributed by atoms with Crippen LogP contribution < -0.4 is 10.6 Å². The van der Waals surface area contributed by atoms with Crippen LogP contribution in [-0.2, 0) is 5.41 Å². The van der Waals surface area contributed by atoms with Crippen molar-refractivity contribution in [3.8, 4) is 17.3 Å². The van der Waals surface area contributed by atoms with Gasteiger partial charge in [-0.1, -0.05) is 19.1 Å². The van der Waals surface area contributed by atoms with Crippen molar-refractivity contribution in [2.75, 3.05) is 43.9 Å². The summed E-state index contributed by atoms with van der Waals surface area (Å²) < 4.78 is 0. The quantitative estimate of drug-likeness (QED) is 0.505. The summed E-state index contributed by atoms with van der Waals surface area (Å²) in [6.45, 7) is 6.95. The molecule has 0 spiro atoms. The molecule has 7 heteroatoms. The third-order valence-corrected chi connectivity index (χ3v) is 7.56. The zero-order chi connectivity index (χ0) is 24.6. The Labute approximate surface area is 206 Å². The van der Waals surface area contributed by atoms with Crippen molar-refractivity contribution in [2.24, 2.45) is 0 Å². The van der Waals surface area contributed by atoms with Crippen LogP contribution in [0.5, 0.6) is 0 Å². The number of aliphatic hydroxyl groups is 1. The summed E-state index contributed by atoms with van der Waals surface area (Å²) >= 11 is 0. The number of aryl methyl sites for hydroxylation is 1. The molecule has 2 aromatic carbocycles. The van der Waals surface area contributed by atoms with E-state index in [2.05, 4.69) is 58.8 Å². The summed E-state index contributed by atoms with van der Waals surface area (Å²) in [5.74, 6) is 1.10. The lowest BCUT2D eigenvalue weighted by Gasteiger charge is -2.29. The van der Waals surface area contributed by atoms with E-state index in [4.69, 9.17) is 4.98 Å². The lowest BCUT2D eigenvalue weighted by atomic mass is 9.83. The molecule has 1 atom stereocenters. The molecule has 1 aromatic heterocycles. The number of aliphatic hydroxyl groups excluding tert-OH is 1. The Morgan fingerprint density at radius 1 is 1.23 bits per heavy atom. The third kappa shape index (κ3) is 4.47. The Balaban J connectivity index is 1.45. The fourth-order valence-corrected chi connectivity index (χ4v) is 5.13. The maximum absolute atomic E-state index is 10.00. The second-order valence-electron chi connectivity index (χ2n) is 10.2. The minimum absolute atomic E-state index is 0.00476. The molecule has 0 unspecified atom stereocenters. The number of hydrogen-bond donors (Lipinski definition) is 3. The first-order chi connectivity index (χ1) is 16.9. The number of nitriles is 1. The molecule has 0 bridgehead atoms. The van der Waals surface area contributed by atoms with E-state index in [-0.39, 0.29) is 6.61 Å². The van der Waals surface area contributed by atoms with Gasteiger partial charge in [0.2, 0.25) is 5.95 Å². The average Bonchev–Trinajstić information content (AvgIpc) is 3.22. The number of nitrogens with one attached hydrogen (secondary N) is 2. The number of piperidine rings is 1. The minimum atomic E-state index is -0.434. The summed E-state index contributed by atoms with van der Waals surface area (Å²) in [7, 11) is 2.18. The van der Waals surface area contributed by atoms with Gasteiger partial charge in [-0.25, -0.2) is 9.97 Å². The van der Waals surface area contributed by atoms with Gasteiger partial charge < -0.3 is 20.6 Å². The van der Waals surface area contributed by atoms with Crippen LogP contribution >= 0.6 is 0 Å². The van der Waals surface area contributed by atoms with Gasteiger partial charge in [0.15, 0.2) is 0 Å². The highest BCUT2D eigenvalue weighted by Crippen LogP contribution is 2.41. The molecular formula is C28H32N6O. The molecule has 2 aliphatic heterocycles. The van der Waals surface area contributed by atoms with Crippen LogP contribution in [0.1, 0.15) is 47.9 Å². The molecule has 0 saturated carbocycles. The van der Waals surface area contributed by atoms with Gasteiger partial charge in [0.1, 0.15) is 6.07 Å². The van der Waals surface area contributed by atoms with Crippen LogP contribution in [0.4, 0.5) is 17.3 Å². The fourth-order valence-electron chi connectivity index (χ4n) is 5.13. The number of hydrogen-bond acceptors (Lipinski definition) is 7. The normalized spacial score (nSPS) is 20.2. The van der Waals surface area contributed by atoms with Gasteiger partial charge in [-0.05, 0) is 86.8 Å². The smallest absolute Gasteiger partial charge is 0.227 e. The Bertz CT molecular complexity index is 1290. The van der Waals surface area contributed by atoms with E-state index in [9.17, 15) is 10.4 Å². The van der Waals surface area contributed by atoms with Crippen molar-refractivity contribution in [3.05, 3.63) is 64.8 Å².